The van der Waals surface area contributed by atoms with Gasteiger partial charge in [-0.1, -0.05) is 170 Å². The molecular weight excluding hydrogens is 633 g/mol. The number of aromatic nitrogens is 4. The van der Waals surface area contributed by atoms with Gasteiger partial charge in [-0.15, -0.1) is 0 Å². The molecule has 244 valence electrons. The molecule has 9 aromatic rings. The Kier molecular flexibility index (Phi) is 8.16. The van der Waals surface area contributed by atoms with E-state index in [1.165, 1.54) is 5.39 Å². The number of benzene rings is 7. The molecule has 0 atom stereocenters. The summed E-state index contributed by atoms with van der Waals surface area (Å²) >= 11 is 0. The largest absolute Gasteiger partial charge is 0.248 e. The van der Waals surface area contributed by atoms with E-state index in [0.29, 0.717) is 17.5 Å². The normalized spacial score (nSPS) is 11.1. The molecule has 2 heterocycles. The van der Waals surface area contributed by atoms with E-state index in [2.05, 4.69) is 121 Å². The minimum atomic E-state index is 0.634. The van der Waals surface area contributed by atoms with E-state index in [0.717, 1.165) is 66.8 Å². The van der Waals surface area contributed by atoms with Gasteiger partial charge >= 0.3 is 0 Å². The van der Waals surface area contributed by atoms with Crippen molar-refractivity contribution in [1.82, 2.24) is 19.9 Å². The molecule has 0 N–H and O–H groups in total. The molecule has 9 rings (SSSR count). The summed E-state index contributed by atoms with van der Waals surface area (Å²) in [5, 5.41) is 2.29. The maximum Gasteiger partial charge on any atom is 0.164 e. The summed E-state index contributed by atoms with van der Waals surface area (Å²) < 4.78 is 0. The molecule has 2 aromatic heterocycles. The standard InChI is InChI=1S/C48H32N4/c1-5-15-35(16-6-1)44-31-40(32-45(49-44)36-17-7-2-8-18-36)33-25-27-34(28-26-33)43-30-41(29-39-23-13-14-24-42(39)43)48-51-46(37-19-9-3-10-20-37)50-47(52-48)38-21-11-4-12-22-38/h1-32H. The molecule has 4 heteroatoms. The number of hydrogen-bond donors (Lipinski definition) is 0. The zero-order valence-electron chi connectivity index (χ0n) is 28.3. The highest BCUT2D eigenvalue weighted by Crippen LogP contribution is 2.36. The molecule has 4 nitrogen and oxygen atoms in total. The van der Waals surface area contributed by atoms with Gasteiger partial charge in [-0.2, -0.15) is 0 Å². The second-order valence-corrected chi connectivity index (χ2v) is 12.7. The van der Waals surface area contributed by atoms with Crippen molar-refractivity contribution in [1.29, 1.82) is 0 Å². The molecule has 0 aliphatic heterocycles. The summed E-state index contributed by atoms with van der Waals surface area (Å²) in [5.41, 5.74) is 11.4. The molecule has 7 aromatic carbocycles. The van der Waals surface area contributed by atoms with E-state index in [-0.39, 0.29) is 0 Å². The molecule has 0 bridgehead atoms. The minimum Gasteiger partial charge on any atom is -0.248 e. The molecule has 0 aliphatic carbocycles. The highest BCUT2D eigenvalue weighted by molar-refractivity contribution is 6.00. The Hall–Kier alpha value is -7.04. The Bertz CT molecular complexity index is 2530. The number of rotatable bonds is 7. The van der Waals surface area contributed by atoms with Gasteiger partial charge in [-0.05, 0) is 57.3 Å². The third kappa shape index (κ3) is 6.26. The van der Waals surface area contributed by atoms with Crippen molar-refractivity contribution in [3.63, 3.8) is 0 Å². The maximum absolute atomic E-state index is 5.07. The van der Waals surface area contributed by atoms with Crippen LogP contribution in [0.2, 0.25) is 0 Å². The fraction of sp³-hybridized carbons (Fsp3) is 0. The lowest BCUT2D eigenvalue weighted by molar-refractivity contribution is 1.07. The summed E-state index contributed by atoms with van der Waals surface area (Å²) in [4.78, 5) is 20.0. The summed E-state index contributed by atoms with van der Waals surface area (Å²) in [7, 11) is 0. The Morgan fingerprint density at radius 3 is 1.19 bits per heavy atom. The van der Waals surface area contributed by atoms with Crippen LogP contribution in [0.25, 0.3) is 89.7 Å². The highest BCUT2D eigenvalue weighted by Gasteiger charge is 2.16. The van der Waals surface area contributed by atoms with Crippen molar-refractivity contribution in [2.75, 3.05) is 0 Å². The Morgan fingerprint density at radius 1 is 0.250 bits per heavy atom. The Morgan fingerprint density at radius 2 is 0.673 bits per heavy atom. The van der Waals surface area contributed by atoms with Gasteiger partial charge in [0, 0.05) is 27.8 Å². The smallest absolute Gasteiger partial charge is 0.164 e. The number of hydrogen-bond acceptors (Lipinski definition) is 4. The van der Waals surface area contributed by atoms with Crippen LogP contribution in [0.3, 0.4) is 0 Å². The van der Waals surface area contributed by atoms with Crippen LogP contribution in [0, 0.1) is 0 Å². The monoisotopic (exact) mass is 664 g/mol. The molecule has 0 aliphatic rings. The molecule has 0 radical (unpaired) electrons. The van der Waals surface area contributed by atoms with Gasteiger partial charge in [-0.3, -0.25) is 0 Å². The fourth-order valence-corrected chi connectivity index (χ4v) is 6.67. The average molecular weight is 665 g/mol. The topological polar surface area (TPSA) is 51.6 Å². The highest BCUT2D eigenvalue weighted by atomic mass is 15.0. The van der Waals surface area contributed by atoms with Crippen LogP contribution in [0.4, 0.5) is 0 Å². The van der Waals surface area contributed by atoms with Crippen molar-refractivity contribution in [2.24, 2.45) is 0 Å². The van der Waals surface area contributed by atoms with Crippen LogP contribution >= 0.6 is 0 Å². The SMILES string of the molecule is c1ccc(-c2cc(-c3ccc(-c4cc(-c5nc(-c6ccccc6)nc(-c6ccccc6)n5)cc5ccccc45)cc3)cc(-c3ccccc3)n2)cc1. The first kappa shape index (κ1) is 31.0. The van der Waals surface area contributed by atoms with Crippen molar-refractivity contribution in [2.45, 2.75) is 0 Å². The van der Waals surface area contributed by atoms with Crippen molar-refractivity contribution < 1.29 is 0 Å². The average Bonchev–Trinajstić information content (AvgIpc) is 3.24. The fourth-order valence-electron chi connectivity index (χ4n) is 6.67. The van der Waals surface area contributed by atoms with Gasteiger partial charge < -0.3 is 0 Å². The summed E-state index contributed by atoms with van der Waals surface area (Å²) in [6.07, 6.45) is 0. The molecule has 0 spiro atoms. The third-order valence-electron chi connectivity index (χ3n) is 9.31. The van der Waals surface area contributed by atoms with E-state index in [4.69, 9.17) is 19.9 Å². The molecule has 0 saturated carbocycles. The molecule has 52 heavy (non-hydrogen) atoms. The van der Waals surface area contributed by atoms with Gasteiger partial charge in [0.2, 0.25) is 0 Å². The lowest BCUT2D eigenvalue weighted by atomic mass is 9.93. The quantitative estimate of drug-likeness (QED) is 0.170. The van der Waals surface area contributed by atoms with E-state index in [9.17, 15) is 0 Å². The minimum absolute atomic E-state index is 0.634. The Labute approximate surface area is 302 Å². The maximum atomic E-state index is 5.07. The van der Waals surface area contributed by atoms with E-state index in [1.54, 1.807) is 0 Å². The van der Waals surface area contributed by atoms with Crippen LogP contribution in [-0.4, -0.2) is 19.9 Å². The third-order valence-corrected chi connectivity index (χ3v) is 9.31. The molecule has 0 unspecified atom stereocenters. The summed E-state index contributed by atoms with van der Waals surface area (Å²) in [6.45, 7) is 0. The first-order valence-electron chi connectivity index (χ1n) is 17.4. The van der Waals surface area contributed by atoms with E-state index < -0.39 is 0 Å². The summed E-state index contributed by atoms with van der Waals surface area (Å²) in [5.74, 6) is 1.92. The second kappa shape index (κ2) is 13.7. The Balaban J connectivity index is 1.16. The lowest BCUT2D eigenvalue weighted by Crippen LogP contribution is -2.00. The van der Waals surface area contributed by atoms with Gasteiger partial charge in [0.1, 0.15) is 0 Å². The van der Waals surface area contributed by atoms with Gasteiger partial charge in [0.25, 0.3) is 0 Å². The van der Waals surface area contributed by atoms with Gasteiger partial charge in [0.15, 0.2) is 17.5 Å². The van der Waals surface area contributed by atoms with Crippen LogP contribution in [-0.2, 0) is 0 Å². The van der Waals surface area contributed by atoms with Crippen molar-refractivity contribution in [3.05, 3.63) is 194 Å². The zero-order valence-corrected chi connectivity index (χ0v) is 28.3. The number of pyridine rings is 1. The van der Waals surface area contributed by atoms with Crippen molar-refractivity contribution >= 4 is 10.8 Å². The second-order valence-electron chi connectivity index (χ2n) is 12.7. The first-order chi connectivity index (χ1) is 25.7. The van der Waals surface area contributed by atoms with Gasteiger partial charge in [-0.25, -0.2) is 19.9 Å². The summed E-state index contributed by atoms with van der Waals surface area (Å²) in [6, 6.07) is 67.0. The predicted molar refractivity (Wildman–Crippen MR) is 213 cm³/mol. The molecular formula is C48H32N4. The number of fused-ring (bicyclic) bond motifs is 1. The van der Waals surface area contributed by atoms with Gasteiger partial charge in [0.05, 0.1) is 11.4 Å². The van der Waals surface area contributed by atoms with Crippen LogP contribution in [0.5, 0.6) is 0 Å². The van der Waals surface area contributed by atoms with Crippen molar-refractivity contribution in [3.8, 4) is 78.9 Å². The zero-order chi connectivity index (χ0) is 34.7. The molecule has 0 saturated heterocycles. The molecule has 0 fully saturated rings. The van der Waals surface area contributed by atoms with E-state index in [1.807, 2.05) is 72.8 Å². The van der Waals surface area contributed by atoms with E-state index >= 15 is 0 Å². The van der Waals surface area contributed by atoms with Crippen LogP contribution in [0.15, 0.2) is 194 Å². The predicted octanol–water partition coefficient (Wildman–Crippen LogP) is 12.1. The molecule has 0 amide bonds. The lowest BCUT2D eigenvalue weighted by Gasteiger charge is -2.13. The van der Waals surface area contributed by atoms with Crippen LogP contribution in [0.1, 0.15) is 0 Å². The van der Waals surface area contributed by atoms with Crippen LogP contribution < -0.4 is 0 Å². The number of nitrogens with zero attached hydrogens (tertiary/aromatic N) is 4. The first-order valence-corrected chi connectivity index (χ1v) is 17.4.